The topological polar surface area (TPSA) is 103 Å². The van der Waals surface area contributed by atoms with Crippen LogP contribution >= 0.6 is 0 Å². The Morgan fingerprint density at radius 2 is 1.91 bits per heavy atom. The van der Waals surface area contributed by atoms with E-state index >= 15 is 0 Å². The standard InChI is InChI=1S/C26H35N5O2/c1-17-7-5-8-18(2)31(17)16-15-29-14-13-19-9-6-10-20(25(27)28)23(19)24-26(32)30-21-11-3-4-12-22(21)33-24/h3-4,6,9-12,17-18,24,29H,5,7-8,13-16H2,1-2H3,(H3,27,28)(H,30,32)/t17-,18+,24?. The number of likely N-dealkylation sites (tertiary alicyclic amines) is 1. The van der Waals surface area contributed by atoms with Gasteiger partial charge in [-0.3, -0.25) is 15.1 Å². The number of benzene rings is 2. The van der Waals surface area contributed by atoms with Crippen molar-refractivity contribution >= 4 is 17.4 Å². The zero-order chi connectivity index (χ0) is 23.4. The molecule has 7 nitrogen and oxygen atoms in total. The maximum absolute atomic E-state index is 12.9. The number of nitrogens with two attached hydrogens (primary N) is 1. The molecule has 1 unspecified atom stereocenters. The zero-order valence-electron chi connectivity index (χ0n) is 19.6. The number of hydrogen-bond donors (Lipinski definition) is 4. The van der Waals surface area contributed by atoms with Crippen molar-refractivity contribution in [2.45, 2.75) is 57.7 Å². The van der Waals surface area contributed by atoms with Crippen LogP contribution in [-0.4, -0.2) is 48.4 Å². The Morgan fingerprint density at radius 1 is 1.15 bits per heavy atom. The van der Waals surface area contributed by atoms with Crippen LogP contribution in [0.3, 0.4) is 0 Å². The summed E-state index contributed by atoms with van der Waals surface area (Å²) in [4.78, 5) is 15.5. The van der Waals surface area contributed by atoms with Gasteiger partial charge in [0.25, 0.3) is 5.91 Å². The van der Waals surface area contributed by atoms with E-state index < -0.39 is 6.10 Å². The van der Waals surface area contributed by atoms with Crippen LogP contribution in [0.4, 0.5) is 5.69 Å². The van der Waals surface area contributed by atoms with Crippen LogP contribution in [0.1, 0.15) is 55.9 Å². The molecule has 1 fully saturated rings. The molecule has 2 aromatic rings. The molecule has 2 aromatic carbocycles. The molecule has 0 saturated carbocycles. The Hall–Kier alpha value is -2.90. The Kier molecular flexibility index (Phi) is 7.30. The van der Waals surface area contributed by atoms with E-state index in [4.69, 9.17) is 15.9 Å². The summed E-state index contributed by atoms with van der Waals surface area (Å²) in [5.41, 5.74) is 8.74. The number of nitrogens with zero attached hydrogens (tertiary/aromatic N) is 1. The lowest BCUT2D eigenvalue weighted by Gasteiger charge is -2.39. The first kappa shape index (κ1) is 23.3. The maximum Gasteiger partial charge on any atom is 0.270 e. The Morgan fingerprint density at radius 3 is 2.67 bits per heavy atom. The molecular formula is C26H35N5O2. The Balaban J connectivity index is 1.45. The number of carbonyl (C=O) groups is 1. The summed E-state index contributed by atoms with van der Waals surface area (Å²) in [5.74, 6) is 0.308. The van der Waals surface area contributed by atoms with Gasteiger partial charge in [0.15, 0.2) is 0 Å². The van der Waals surface area contributed by atoms with E-state index in [-0.39, 0.29) is 11.7 Å². The third kappa shape index (κ3) is 5.20. The first-order valence-corrected chi connectivity index (χ1v) is 11.9. The van der Waals surface area contributed by atoms with E-state index in [1.54, 1.807) is 6.07 Å². The molecule has 3 atom stereocenters. The van der Waals surface area contributed by atoms with Crippen LogP contribution in [-0.2, 0) is 11.2 Å². The molecule has 0 aromatic heterocycles. The highest BCUT2D eigenvalue weighted by atomic mass is 16.5. The monoisotopic (exact) mass is 449 g/mol. The minimum Gasteiger partial charge on any atom is -0.474 e. The molecule has 1 saturated heterocycles. The van der Waals surface area contributed by atoms with E-state index in [2.05, 4.69) is 29.4 Å². The molecule has 1 amide bonds. The van der Waals surface area contributed by atoms with Crippen LogP contribution in [0.15, 0.2) is 42.5 Å². The minimum absolute atomic E-state index is 0.0665. The van der Waals surface area contributed by atoms with Gasteiger partial charge in [0.2, 0.25) is 6.10 Å². The number of para-hydroxylation sites is 2. The van der Waals surface area contributed by atoms with Crippen LogP contribution in [0.2, 0.25) is 0 Å². The minimum atomic E-state index is -0.843. The molecule has 33 heavy (non-hydrogen) atoms. The Bertz CT molecular complexity index is 998. The summed E-state index contributed by atoms with van der Waals surface area (Å²) in [6.07, 6.45) is 3.75. The molecule has 5 N–H and O–H groups in total. The molecule has 2 aliphatic rings. The molecule has 0 spiro atoms. The second kappa shape index (κ2) is 10.4. The van der Waals surface area contributed by atoms with Crippen LogP contribution in [0.5, 0.6) is 5.75 Å². The zero-order valence-corrected chi connectivity index (χ0v) is 19.6. The van der Waals surface area contributed by atoms with Crippen LogP contribution in [0, 0.1) is 5.41 Å². The number of rotatable bonds is 8. The lowest BCUT2D eigenvalue weighted by atomic mass is 9.92. The van der Waals surface area contributed by atoms with Crippen molar-refractivity contribution in [1.29, 1.82) is 5.41 Å². The van der Waals surface area contributed by atoms with Crippen LogP contribution < -0.4 is 21.1 Å². The van der Waals surface area contributed by atoms with Gasteiger partial charge in [0.1, 0.15) is 11.6 Å². The molecule has 2 aliphatic heterocycles. The highest BCUT2D eigenvalue weighted by Crippen LogP contribution is 2.37. The predicted octanol–water partition coefficient (Wildman–Crippen LogP) is 3.44. The fraction of sp³-hybridized carbons (Fsp3) is 0.462. The van der Waals surface area contributed by atoms with Crippen molar-refractivity contribution in [3.05, 3.63) is 59.2 Å². The fourth-order valence-corrected chi connectivity index (χ4v) is 5.09. The highest BCUT2D eigenvalue weighted by molar-refractivity contribution is 6.03. The van der Waals surface area contributed by atoms with E-state index in [9.17, 15) is 4.79 Å². The summed E-state index contributed by atoms with van der Waals surface area (Å²) in [6, 6.07) is 14.3. The van der Waals surface area contributed by atoms with Gasteiger partial charge in [-0.1, -0.05) is 36.8 Å². The number of nitrogen functional groups attached to an aromatic ring is 1. The number of ether oxygens (including phenoxy) is 1. The summed E-state index contributed by atoms with van der Waals surface area (Å²) in [7, 11) is 0. The number of anilines is 1. The van der Waals surface area contributed by atoms with Gasteiger partial charge in [-0.2, -0.15) is 0 Å². The number of piperidine rings is 1. The maximum atomic E-state index is 12.9. The number of amidine groups is 1. The normalized spacial score (nSPS) is 22.8. The van der Waals surface area contributed by atoms with Gasteiger partial charge in [-0.25, -0.2) is 0 Å². The Labute approximate surface area is 196 Å². The van der Waals surface area contributed by atoms with Crippen molar-refractivity contribution in [1.82, 2.24) is 10.2 Å². The van der Waals surface area contributed by atoms with E-state index in [0.29, 0.717) is 34.6 Å². The van der Waals surface area contributed by atoms with E-state index in [1.807, 2.05) is 36.4 Å². The third-order valence-electron chi connectivity index (χ3n) is 6.87. The molecule has 4 rings (SSSR count). The second-order valence-corrected chi connectivity index (χ2v) is 9.14. The van der Waals surface area contributed by atoms with Crippen molar-refractivity contribution < 1.29 is 9.53 Å². The van der Waals surface area contributed by atoms with Gasteiger partial charge >= 0.3 is 0 Å². The quantitative estimate of drug-likeness (QED) is 0.281. The number of carbonyl (C=O) groups excluding carboxylic acids is 1. The number of amides is 1. The fourth-order valence-electron chi connectivity index (χ4n) is 5.09. The first-order chi connectivity index (χ1) is 16.0. The van der Waals surface area contributed by atoms with Crippen molar-refractivity contribution in [2.24, 2.45) is 5.73 Å². The molecule has 2 heterocycles. The summed E-state index contributed by atoms with van der Waals surface area (Å²) in [5, 5.41) is 14.6. The van der Waals surface area contributed by atoms with Gasteiger partial charge in [0, 0.05) is 36.3 Å². The van der Waals surface area contributed by atoms with Gasteiger partial charge in [-0.15, -0.1) is 0 Å². The average molecular weight is 450 g/mol. The summed E-state index contributed by atoms with van der Waals surface area (Å²) in [6.45, 7) is 7.37. The van der Waals surface area contributed by atoms with Gasteiger partial charge in [-0.05, 0) is 57.4 Å². The average Bonchev–Trinajstić information content (AvgIpc) is 2.80. The highest BCUT2D eigenvalue weighted by Gasteiger charge is 2.33. The van der Waals surface area contributed by atoms with E-state index in [1.165, 1.54) is 19.3 Å². The third-order valence-corrected chi connectivity index (χ3v) is 6.87. The van der Waals surface area contributed by atoms with Crippen molar-refractivity contribution in [2.75, 3.05) is 25.0 Å². The lowest BCUT2D eigenvalue weighted by molar-refractivity contribution is -0.123. The molecular weight excluding hydrogens is 414 g/mol. The molecule has 0 aliphatic carbocycles. The number of fused-ring (bicyclic) bond motifs is 1. The van der Waals surface area contributed by atoms with Gasteiger partial charge < -0.3 is 21.1 Å². The molecule has 7 heteroatoms. The van der Waals surface area contributed by atoms with E-state index in [0.717, 1.165) is 31.6 Å². The SMILES string of the molecule is C[C@@H]1CCC[C@H](C)N1CCNCCc1cccc(C(=N)N)c1C1Oc2ccccc2NC1=O. The molecule has 0 radical (unpaired) electrons. The van der Waals surface area contributed by atoms with Crippen molar-refractivity contribution in [3.63, 3.8) is 0 Å². The summed E-state index contributed by atoms with van der Waals surface area (Å²) < 4.78 is 6.10. The van der Waals surface area contributed by atoms with Gasteiger partial charge in [0.05, 0.1) is 5.69 Å². The first-order valence-electron chi connectivity index (χ1n) is 11.9. The predicted molar refractivity (Wildman–Crippen MR) is 132 cm³/mol. The smallest absolute Gasteiger partial charge is 0.270 e. The molecule has 0 bridgehead atoms. The van der Waals surface area contributed by atoms with Crippen LogP contribution in [0.25, 0.3) is 0 Å². The van der Waals surface area contributed by atoms with Crippen molar-refractivity contribution in [3.8, 4) is 5.75 Å². The molecule has 176 valence electrons. The number of nitrogens with one attached hydrogen (secondary N) is 3. The number of hydrogen-bond acceptors (Lipinski definition) is 5. The second-order valence-electron chi connectivity index (χ2n) is 9.14. The largest absolute Gasteiger partial charge is 0.474 e. The summed E-state index contributed by atoms with van der Waals surface area (Å²) >= 11 is 0. The lowest BCUT2D eigenvalue weighted by Crippen LogP contribution is -2.46.